The fourth-order valence-corrected chi connectivity index (χ4v) is 0.982. The average Bonchev–Trinajstić information content (AvgIpc) is 2.13. The van der Waals surface area contributed by atoms with E-state index in [9.17, 15) is 4.79 Å². The number of allylic oxidation sites excluding steroid dienone is 2. The fraction of sp³-hybridized carbons (Fsp3) is 0.364. The highest BCUT2D eigenvalue weighted by Crippen LogP contribution is 2.06. The molecule has 1 aliphatic rings. The highest BCUT2D eigenvalue weighted by Gasteiger charge is 2.23. The van der Waals surface area contributed by atoms with E-state index in [0.717, 1.165) is 0 Å². The molecule has 1 unspecified atom stereocenters. The summed E-state index contributed by atoms with van der Waals surface area (Å²) in [5.41, 5.74) is 0. The standard InChI is InChI=1S/C11H11NO2/c13-8-6-4-2-1-3-5-7-10-9-11(14)12-10/h1-2,10,13H,7-9H2,(H,12,14)/b2-1+. The highest BCUT2D eigenvalue weighted by atomic mass is 16.2. The zero-order chi connectivity index (χ0) is 10.2. The number of carbonyl (C=O) groups excluding carboxylic acids is 1. The van der Waals surface area contributed by atoms with Gasteiger partial charge < -0.3 is 10.4 Å². The highest BCUT2D eigenvalue weighted by molar-refractivity contribution is 5.82. The molecule has 1 amide bonds. The van der Waals surface area contributed by atoms with Gasteiger partial charge in [-0.3, -0.25) is 4.79 Å². The number of aliphatic hydroxyl groups excluding tert-OH is 1. The van der Waals surface area contributed by atoms with Gasteiger partial charge in [-0.15, -0.1) is 0 Å². The zero-order valence-corrected chi connectivity index (χ0v) is 7.71. The first-order valence-electron chi connectivity index (χ1n) is 4.35. The smallest absolute Gasteiger partial charge is 0.222 e. The first-order valence-corrected chi connectivity index (χ1v) is 4.35. The third-order valence-electron chi connectivity index (χ3n) is 1.68. The Bertz CT molecular complexity index is 341. The van der Waals surface area contributed by atoms with Crippen LogP contribution in [0.15, 0.2) is 12.2 Å². The van der Waals surface area contributed by atoms with Crippen molar-refractivity contribution in [3.8, 4) is 23.7 Å². The summed E-state index contributed by atoms with van der Waals surface area (Å²) in [7, 11) is 0. The van der Waals surface area contributed by atoms with Crippen LogP contribution >= 0.6 is 0 Å². The molecule has 0 aromatic rings. The van der Waals surface area contributed by atoms with Crippen molar-refractivity contribution in [1.29, 1.82) is 0 Å². The predicted molar refractivity (Wildman–Crippen MR) is 52.9 cm³/mol. The van der Waals surface area contributed by atoms with Gasteiger partial charge in [-0.05, 0) is 12.2 Å². The number of hydrogen-bond acceptors (Lipinski definition) is 2. The van der Waals surface area contributed by atoms with Crippen LogP contribution in [0.1, 0.15) is 12.8 Å². The zero-order valence-electron chi connectivity index (χ0n) is 7.71. The van der Waals surface area contributed by atoms with Crippen molar-refractivity contribution in [2.24, 2.45) is 0 Å². The average molecular weight is 189 g/mol. The number of carbonyl (C=O) groups is 1. The molecule has 0 saturated carbocycles. The third-order valence-corrected chi connectivity index (χ3v) is 1.68. The van der Waals surface area contributed by atoms with Gasteiger partial charge >= 0.3 is 0 Å². The van der Waals surface area contributed by atoms with Crippen LogP contribution in [0.5, 0.6) is 0 Å². The summed E-state index contributed by atoms with van der Waals surface area (Å²) in [5, 5.41) is 11.0. The van der Waals surface area contributed by atoms with Crippen molar-refractivity contribution in [3.63, 3.8) is 0 Å². The topological polar surface area (TPSA) is 49.3 Å². The van der Waals surface area contributed by atoms with Crippen LogP contribution in [0.4, 0.5) is 0 Å². The Balaban J connectivity index is 2.14. The summed E-state index contributed by atoms with van der Waals surface area (Å²) in [6.07, 6.45) is 4.48. The van der Waals surface area contributed by atoms with E-state index in [-0.39, 0.29) is 18.6 Å². The molecule has 72 valence electrons. The number of nitrogens with one attached hydrogen (secondary N) is 1. The molecule has 1 saturated heterocycles. The van der Waals surface area contributed by atoms with Crippen molar-refractivity contribution in [2.75, 3.05) is 6.61 Å². The lowest BCUT2D eigenvalue weighted by atomic mass is 10.0. The van der Waals surface area contributed by atoms with Crippen molar-refractivity contribution >= 4 is 5.91 Å². The second-order valence-electron chi connectivity index (χ2n) is 2.81. The van der Waals surface area contributed by atoms with Crippen molar-refractivity contribution in [1.82, 2.24) is 5.32 Å². The third kappa shape index (κ3) is 3.80. The summed E-state index contributed by atoms with van der Waals surface area (Å²) < 4.78 is 0. The minimum absolute atomic E-state index is 0.0983. The lowest BCUT2D eigenvalue weighted by Gasteiger charge is -2.24. The van der Waals surface area contributed by atoms with Crippen LogP contribution in [-0.2, 0) is 4.79 Å². The Morgan fingerprint density at radius 1 is 1.43 bits per heavy atom. The summed E-state index contributed by atoms with van der Waals surface area (Å²) in [6, 6.07) is 0.229. The van der Waals surface area contributed by atoms with Gasteiger partial charge in [0.2, 0.25) is 5.91 Å². The molecule has 3 heteroatoms. The van der Waals surface area contributed by atoms with E-state index < -0.39 is 0 Å². The molecule has 14 heavy (non-hydrogen) atoms. The molecule has 1 fully saturated rings. The fourth-order valence-electron chi connectivity index (χ4n) is 0.982. The maximum absolute atomic E-state index is 10.5. The molecule has 0 aromatic carbocycles. The Morgan fingerprint density at radius 3 is 2.64 bits per heavy atom. The molecule has 1 rings (SSSR count). The lowest BCUT2D eigenvalue weighted by Crippen LogP contribution is -2.48. The minimum Gasteiger partial charge on any atom is -0.384 e. The molecule has 0 bridgehead atoms. The molecule has 1 heterocycles. The van der Waals surface area contributed by atoms with Crippen LogP contribution in [0.2, 0.25) is 0 Å². The van der Waals surface area contributed by atoms with Crippen molar-refractivity contribution in [2.45, 2.75) is 18.9 Å². The van der Waals surface area contributed by atoms with E-state index >= 15 is 0 Å². The molecule has 1 atom stereocenters. The van der Waals surface area contributed by atoms with Gasteiger partial charge in [0.05, 0.1) is 0 Å². The van der Waals surface area contributed by atoms with E-state index in [1.807, 2.05) is 0 Å². The number of β-lactam (4-membered cyclic amide) rings is 1. The van der Waals surface area contributed by atoms with Gasteiger partial charge in [0, 0.05) is 18.9 Å². The largest absolute Gasteiger partial charge is 0.384 e. The van der Waals surface area contributed by atoms with Crippen molar-refractivity contribution < 1.29 is 9.90 Å². The quantitative estimate of drug-likeness (QED) is 0.444. The van der Waals surface area contributed by atoms with Crippen LogP contribution in [0.3, 0.4) is 0 Å². The van der Waals surface area contributed by atoms with Gasteiger partial charge in [-0.2, -0.15) is 0 Å². The minimum atomic E-state index is -0.133. The molecule has 0 aliphatic carbocycles. The van der Waals surface area contributed by atoms with Crippen LogP contribution in [0, 0.1) is 23.7 Å². The first-order chi connectivity index (χ1) is 6.83. The molecular formula is C11H11NO2. The molecule has 2 N–H and O–H groups in total. The lowest BCUT2D eigenvalue weighted by molar-refractivity contribution is -0.127. The van der Waals surface area contributed by atoms with Crippen LogP contribution in [0.25, 0.3) is 0 Å². The Hall–Kier alpha value is -1.71. The van der Waals surface area contributed by atoms with E-state index in [1.165, 1.54) is 0 Å². The number of aliphatic hydroxyl groups is 1. The molecular weight excluding hydrogens is 178 g/mol. The van der Waals surface area contributed by atoms with Gasteiger partial charge in [0.25, 0.3) is 0 Å². The van der Waals surface area contributed by atoms with E-state index in [0.29, 0.717) is 12.8 Å². The van der Waals surface area contributed by atoms with Gasteiger partial charge in [0.1, 0.15) is 6.61 Å². The predicted octanol–water partition coefficient (Wildman–Crippen LogP) is -0.180. The Kier molecular flexibility index (Phi) is 4.34. The second kappa shape index (κ2) is 5.85. The Labute approximate surface area is 83.2 Å². The normalized spacial score (nSPS) is 18.6. The number of amides is 1. The second-order valence-corrected chi connectivity index (χ2v) is 2.81. The molecule has 0 radical (unpaired) electrons. The number of rotatable bonds is 1. The summed E-state index contributed by atoms with van der Waals surface area (Å²) in [4.78, 5) is 10.5. The SMILES string of the molecule is O=C1CC(CC#C/C=C/C#CCO)N1. The van der Waals surface area contributed by atoms with E-state index in [4.69, 9.17) is 5.11 Å². The van der Waals surface area contributed by atoms with Gasteiger partial charge in [-0.25, -0.2) is 0 Å². The van der Waals surface area contributed by atoms with Crippen molar-refractivity contribution in [3.05, 3.63) is 12.2 Å². The number of hydrogen-bond donors (Lipinski definition) is 2. The maximum Gasteiger partial charge on any atom is 0.222 e. The van der Waals surface area contributed by atoms with Crippen LogP contribution in [-0.4, -0.2) is 23.7 Å². The Morgan fingerprint density at radius 2 is 2.07 bits per heavy atom. The van der Waals surface area contributed by atoms with E-state index in [2.05, 4.69) is 29.0 Å². The van der Waals surface area contributed by atoms with E-state index in [1.54, 1.807) is 12.2 Å². The summed E-state index contributed by atoms with van der Waals surface area (Å²) in [6.45, 7) is -0.133. The maximum atomic E-state index is 10.5. The van der Waals surface area contributed by atoms with Gasteiger partial charge in [0.15, 0.2) is 0 Å². The molecule has 1 aliphatic heterocycles. The summed E-state index contributed by atoms with van der Waals surface area (Å²) in [5.74, 6) is 10.9. The molecule has 0 aromatic heterocycles. The summed E-state index contributed by atoms with van der Waals surface area (Å²) >= 11 is 0. The molecule has 3 nitrogen and oxygen atoms in total. The van der Waals surface area contributed by atoms with Gasteiger partial charge in [-0.1, -0.05) is 23.7 Å². The monoisotopic (exact) mass is 189 g/mol. The molecule has 0 spiro atoms. The first kappa shape index (κ1) is 10.4. The van der Waals surface area contributed by atoms with Crippen LogP contribution < -0.4 is 5.32 Å².